The molecule has 3 aromatic rings. The van der Waals surface area contributed by atoms with Crippen molar-refractivity contribution in [1.82, 2.24) is 0 Å². The smallest absolute Gasteiger partial charge is 0.135 e. The van der Waals surface area contributed by atoms with Gasteiger partial charge in [-0.2, -0.15) is 5.26 Å². The molecule has 23 heavy (non-hydrogen) atoms. The highest BCUT2D eigenvalue weighted by molar-refractivity contribution is 5.93. The van der Waals surface area contributed by atoms with Crippen LogP contribution < -0.4 is 4.74 Å². The van der Waals surface area contributed by atoms with E-state index in [4.69, 9.17) is 4.74 Å². The largest absolute Gasteiger partial charge is 0.456 e. The van der Waals surface area contributed by atoms with Crippen LogP contribution in [0.1, 0.15) is 36.5 Å². The molecular formula is C21H19NO. The Bertz CT molecular complexity index is 903. The van der Waals surface area contributed by atoms with E-state index in [9.17, 15) is 5.26 Å². The van der Waals surface area contributed by atoms with Crippen LogP contribution in [0.15, 0.2) is 54.6 Å². The summed E-state index contributed by atoms with van der Waals surface area (Å²) in [5.41, 5.74) is 3.02. The van der Waals surface area contributed by atoms with Crippen LogP contribution in [0.25, 0.3) is 10.8 Å². The van der Waals surface area contributed by atoms with E-state index in [0.717, 1.165) is 27.8 Å². The predicted molar refractivity (Wildman–Crippen MR) is 94.0 cm³/mol. The fourth-order valence-electron chi connectivity index (χ4n) is 2.66. The van der Waals surface area contributed by atoms with Crippen molar-refractivity contribution in [3.63, 3.8) is 0 Å². The highest BCUT2D eigenvalue weighted by Gasteiger charge is 2.10. The first-order valence-corrected chi connectivity index (χ1v) is 7.80. The van der Waals surface area contributed by atoms with Crippen molar-refractivity contribution in [3.8, 4) is 17.6 Å². The van der Waals surface area contributed by atoms with Crippen molar-refractivity contribution >= 4 is 10.8 Å². The SMILES string of the molecule is Cc1ccc(C(C)C)cc1Oc1ccc(C#N)c2ccccc12. The van der Waals surface area contributed by atoms with Gasteiger partial charge in [-0.05, 0) is 42.2 Å². The van der Waals surface area contributed by atoms with Gasteiger partial charge in [-0.15, -0.1) is 0 Å². The van der Waals surface area contributed by atoms with Crippen LogP contribution in [-0.4, -0.2) is 0 Å². The van der Waals surface area contributed by atoms with Gasteiger partial charge in [0.2, 0.25) is 0 Å². The minimum Gasteiger partial charge on any atom is -0.456 e. The average molecular weight is 301 g/mol. The van der Waals surface area contributed by atoms with E-state index in [0.29, 0.717) is 11.5 Å². The van der Waals surface area contributed by atoms with Crippen LogP contribution in [0.3, 0.4) is 0 Å². The first-order valence-electron chi connectivity index (χ1n) is 7.80. The zero-order valence-electron chi connectivity index (χ0n) is 13.6. The summed E-state index contributed by atoms with van der Waals surface area (Å²) in [5.74, 6) is 2.10. The Hall–Kier alpha value is -2.79. The summed E-state index contributed by atoms with van der Waals surface area (Å²) < 4.78 is 6.20. The molecule has 0 unspecified atom stereocenters. The molecule has 2 nitrogen and oxygen atoms in total. The molecule has 0 spiro atoms. The molecule has 0 saturated carbocycles. The van der Waals surface area contributed by atoms with Gasteiger partial charge in [-0.25, -0.2) is 0 Å². The average Bonchev–Trinajstić information content (AvgIpc) is 2.57. The zero-order chi connectivity index (χ0) is 16.4. The summed E-state index contributed by atoms with van der Waals surface area (Å²) in [6.07, 6.45) is 0. The van der Waals surface area contributed by atoms with E-state index in [1.165, 1.54) is 5.56 Å². The van der Waals surface area contributed by atoms with Crippen molar-refractivity contribution in [2.45, 2.75) is 26.7 Å². The molecule has 0 fully saturated rings. The van der Waals surface area contributed by atoms with Crippen LogP contribution >= 0.6 is 0 Å². The zero-order valence-corrected chi connectivity index (χ0v) is 13.6. The molecule has 0 aliphatic heterocycles. The molecule has 0 atom stereocenters. The molecule has 0 bridgehead atoms. The van der Waals surface area contributed by atoms with Gasteiger partial charge in [-0.3, -0.25) is 0 Å². The number of nitriles is 1. The summed E-state index contributed by atoms with van der Waals surface area (Å²) in [4.78, 5) is 0. The lowest BCUT2D eigenvalue weighted by Crippen LogP contribution is -1.93. The maximum absolute atomic E-state index is 9.27. The summed E-state index contributed by atoms with van der Waals surface area (Å²) in [5, 5.41) is 11.1. The molecule has 0 aliphatic rings. The maximum atomic E-state index is 9.27. The molecule has 0 aliphatic carbocycles. The van der Waals surface area contributed by atoms with Gasteiger partial charge >= 0.3 is 0 Å². The van der Waals surface area contributed by atoms with Gasteiger partial charge in [-0.1, -0.05) is 50.2 Å². The van der Waals surface area contributed by atoms with E-state index in [1.54, 1.807) is 0 Å². The van der Waals surface area contributed by atoms with Gasteiger partial charge in [0.1, 0.15) is 11.5 Å². The molecule has 2 heteroatoms. The van der Waals surface area contributed by atoms with Gasteiger partial charge in [0.15, 0.2) is 0 Å². The number of ether oxygens (including phenoxy) is 1. The van der Waals surface area contributed by atoms with E-state index < -0.39 is 0 Å². The summed E-state index contributed by atoms with van der Waals surface area (Å²) in [6.45, 7) is 6.39. The third-order valence-electron chi connectivity index (χ3n) is 4.10. The highest BCUT2D eigenvalue weighted by atomic mass is 16.5. The Morgan fingerprint density at radius 2 is 1.65 bits per heavy atom. The number of nitrogens with zero attached hydrogens (tertiary/aromatic N) is 1. The third-order valence-corrected chi connectivity index (χ3v) is 4.10. The molecule has 0 radical (unpaired) electrons. The van der Waals surface area contributed by atoms with Crippen LogP contribution in [0.2, 0.25) is 0 Å². The molecule has 0 N–H and O–H groups in total. The summed E-state index contributed by atoms with van der Waals surface area (Å²) >= 11 is 0. The van der Waals surface area contributed by atoms with Gasteiger partial charge in [0.05, 0.1) is 11.6 Å². The number of benzene rings is 3. The highest BCUT2D eigenvalue weighted by Crippen LogP contribution is 2.34. The number of hydrogen-bond donors (Lipinski definition) is 0. The van der Waals surface area contributed by atoms with Crippen LogP contribution in [0.5, 0.6) is 11.5 Å². The van der Waals surface area contributed by atoms with Crippen LogP contribution in [-0.2, 0) is 0 Å². The Balaban J connectivity index is 2.10. The number of rotatable bonds is 3. The molecule has 0 saturated heterocycles. The third kappa shape index (κ3) is 2.91. The second-order valence-electron chi connectivity index (χ2n) is 6.05. The number of fused-ring (bicyclic) bond motifs is 1. The van der Waals surface area contributed by atoms with Crippen molar-refractivity contribution < 1.29 is 4.74 Å². The lowest BCUT2D eigenvalue weighted by atomic mass is 10.0. The Morgan fingerprint density at radius 3 is 2.35 bits per heavy atom. The number of aryl methyl sites for hydroxylation is 1. The van der Waals surface area contributed by atoms with Gasteiger partial charge in [0, 0.05) is 10.8 Å². The molecule has 0 aromatic heterocycles. The lowest BCUT2D eigenvalue weighted by Gasteiger charge is -2.14. The summed E-state index contributed by atoms with van der Waals surface area (Å²) in [6, 6.07) is 20.1. The molecule has 3 aromatic carbocycles. The van der Waals surface area contributed by atoms with Crippen molar-refractivity contribution in [2.24, 2.45) is 0 Å². The topological polar surface area (TPSA) is 33.0 Å². The van der Waals surface area contributed by atoms with Crippen molar-refractivity contribution in [1.29, 1.82) is 5.26 Å². The van der Waals surface area contributed by atoms with Gasteiger partial charge in [0.25, 0.3) is 0 Å². The summed E-state index contributed by atoms with van der Waals surface area (Å²) in [7, 11) is 0. The minimum absolute atomic E-state index is 0.454. The van der Waals surface area contributed by atoms with Crippen molar-refractivity contribution in [3.05, 3.63) is 71.3 Å². The first-order chi connectivity index (χ1) is 11.1. The maximum Gasteiger partial charge on any atom is 0.135 e. The van der Waals surface area contributed by atoms with Gasteiger partial charge < -0.3 is 4.74 Å². The Morgan fingerprint density at radius 1 is 0.913 bits per heavy atom. The standard InChI is InChI=1S/C21H19NO/c1-14(2)16-9-8-15(3)21(12-16)23-20-11-10-17(13-22)18-6-4-5-7-19(18)20/h4-12,14H,1-3H3. The molecular weight excluding hydrogens is 282 g/mol. The molecule has 114 valence electrons. The molecule has 0 amide bonds. The first kappa shape index (κ1) is 15.1. The normalized spacial score (nSPS) is 10.7. The van der Waals surface area contributed by atoms with E-state index >= 15 is 0 Å². The van der Waals surface area contributed by atoms with Crippen LogP contribution in [0, 0.1) is 18.3 Å². The van der Waals surface area contributed by atoms with Crippen molar-refractivity contribution in [2.75, 3.05) is 0 Å². The Labute approximate surface area is 137 Å². The fraction of sp³-hybridized carbons (Fsp3) is 0.190. The Kier molecular flexibility index (Phi) is 4.04. The minimum atomic E-state index is 0.454. The molecule has 3 rings (SSSR count). The number of hydrogen-bond acceptors (Lipinski definition) is 2. The quantitative estimate of drug-likeness (QED) is 0.600. The monoisotopic (exact) mass is 301 g/mol. The van der Waals surface area contributed by atoms with E-state index in [1.807, 2.05) is 43.3 Å². The predicted octanol–water partition coefficient (Wildman–Crippen LogP) is 5.94. The molecule has 0 heterocycles. The van der Waals surface area contributed by atoms with E-state index in [-0.39, 0.29) is 0 Å². The lowest BCUT2D eigenvalue weighted by molar-refractivity contribution is 0.483. The van der Waals surface area contributed by atoms with E-state index in [2.05, 4.69) is 38.1 Å². The second kappa shape index (κ2) is 6.14. The second-order valence-corrected chi connectivity index (χ2v) is 6.05. The van der Waals surface area contributed by atoms with Crippen LogP contribution in [0.4, 0.5) is 0 Å². The fourth-order valence-corrected chi connectivity index (χ4v) is 2.66.